The van der Waals surface area contributed by atoms with E-state index in [4.69, 9.17) is 25.2 Å². The molecule has 0 saturated heterocycles. The van der Waals surface area contributed by atoms with E-state index in [-0.39, 0.29) is 11.4 Å². The van der Waals surface area contributed by atoms with Crippen LogP contribution in [0.15, 0.2) is 24.4 Å². The summed E-state index contributed by atoms with van der Waals surface area (Å²) in [5, 5.41) is 8.92. The summed E-state index contributed by atoms with van der Waals surface area (Å²) in [5.41, 5.74) is 7.20. The minimum atomic E-state index is -0.607. The summed E-state index contributed by atoms with van der Waals surface area (Å²) in [5.74, 6) is 0.0981. The zero-order valence-corrected chi connectivity index (χ0v) is 14.9. The van der Waals surface area contributed by atoms with Crippen molar-refractivity contribution in [3.63, 3.8) is 0 Å². The van der Waals surface area contributed by atoms with Crippen LogP contribution in [0, 0.1) is 18.3 Å². The maximum atomic E-state index is 12.0. The van der Waals surface area contributed by atoms with Crippen molar-refractivity contribution >= 4 is 11.7 Å². The zero-order chi connectivity index (χ0) is 19.0. The number of rotatable bonds is 4. The fourth-order valence-electron chi connectivity index (χ4n) is 1.94. The number of carbonyl (C=O) groups is 1. The maximum absolute atomic E-state index is 12.0. The van der Waals surface area contributed by atoms with Crippen molar-refractivity contribution < 1.29 is 19.0 Å². The summed E-state index contributed by atoms with van der Waals surface area (Å²) in [6.45, 7) is 5.67. The van der Waals surface area contributed by atoms with E-state index in [0.717, 1.165) is 0 Å². The number of ether oxygens (including phenoxy) is 3. The van der Waals surface area contributed by atoms with Gasteiger partial charge in [0.1, 0.15) is 5.56 Å². The van der Waals surface area contributed by atoms with Gasteiger partial charge < -0.3 is 19.9 Å². The molecule has 0 aliphatic carbocycles. The third kappa shape index (κ3) is 4.38. The van der Waals surface area contributed by atoms with Gasteiger partial charge in [-0.2, -0.15) is 5.26 Å². The predicted molar refractivity (Wildman–Crippen MR) is 93.9 cm³/mol. The quantitative estimate of drug-likeness (QED) is 0.847. The number of nitrogen functional groups attached to an aromatic ring is 1. The third-order valence-electron chi connectivity index (χ3n) is 3.23. The molecule has 1 aromatic heterocycles. The molecule has 0 spiro atoms. The van der Waals surface area contributed by atoms with Gasteiger partial charge >= 0.3 is 5.97 Å². The molecule has 2 aromatic rings. The van der Waals surface area contributed by atoms with Crippen LogP contribution in [-0.4, -0.2) is 25.2 Å². The van der Waals surface area contributed by atoms with E-state index in [1.54, 1.807) is 19.1 Å². The molecule has 0 fully saturated rings. The Morgan fingerprint density at radius 1 is 1.24 bits per heavy atom. The second kappa shape index (κ2) is 9.13. The number of pyridine rings is 1. The Morgan fingerprint density at radius 3 is 2.48 bits per heavy atom. The molecule has 25 heavy (non-hydrogen) atoms. The highest BCUT2D eigenvalue weighted by Gasteiger charge is 2.21. The first-order valence-electron chi connectivity index (χ1n) is 7.61. The summed E-state index contributed by atoms with van der Waals surface area (Å²) < 4.78 is 15.6. The molecule has 1 aromatic carbocycles. The lowest BCUT2D eigenvalue weighted by Crippen LogP contribution is -2.10. The smallest absolute Gasteiger partial charge is 0.343 e. The summed E-state index contributed by atoms with van der Waals surface area (Å²) in [6, 6.07) is 6.66. The van der Waals surface area contributed by atoms with Crippen LogP contribution < -0.4 is 15.2 Å². The number of nitriles is 1. The van der Waals surface area contributed by atoms with Crippen LogP contribution in [0.4, 0.5) is 5.69 Å². The van der Waals surface area contributed by atoms with Crippen LogP contribution in [0.25, 0.3) is 0 Å². The van der Waals surface area contributed by atoms with E-state index in [1.165, 1.54) is 26.5 Å². The molecule has 0 unspecified atom stereocenters. The van der Waals surface area contributed by atoms with Crippen molar-refractivity contribution in [2.75, 3.05) is 20.0 Å². The molecule has 7 heteroatoms. The zero-order valence-electron chi connectivity index (χ0n) is 14.9. The van der Waals surface area contributed by atoms with Gasteiger partial charge in [0.25, 0.3) is 0 Å². The van der Waals surface area contributed by atoms with Gasteiger partial charge in [0.2, 0.25) is 5.88 Å². The molecule has 7 nitrogen and oxygen atoms in total. The highest BCUT2D eigenvalue weighted by molar-refractivity contribution is 5.95. The summed E-state index contributed by atoms with van der Waals surface area (Å²) >= 11 is 0. The topological polar surface area (TPSA) is 107 Å². The second-order valence-corrected chi connectivity index (χ2v) is 4.59. The van der Waals surface area contributed by atoms with Crippen LogP contribution in [0.5, 0.6) is 17.4 Å². The minimum Gasteiger partial charge on any atom is -0.493 e. The first-order valence-corrected chi connectivity index (χ1v) is 7.61. The van der Waals surface area contributed by atoms with Gasteiger partial charge in [-0.1, -0.05) is 13.8 Å². The van der Waals surface area contributed by atoms with Gasteiger partial charge in [0, 0.05) is 6.07 Å². The predicted octanol–water partition coefficient (Wildman–Crippen LogP) is 3.46. The highest BCUT2D eigenvalue weighted by Crippen LogP contribution is 2.34. The lowest BCUT2D eigenvalue weighted by molar-refractivity contribution is 0.0596. The molecule has 0 aliphatic heterocycles. The van der Waals surface area contributed by atoms with Crippen molar-refractivity contribution in [2.24, 2.45) is 0 Å². The Balaban J connectivity index is 0.00000151. The third-order valence-corrected chi connectivity index (χ3v) is 3.23. The standard InChI is InChI=1S/C16H15N3O4.C2H6/c1-9-11(18)8-19-15(14(9)16(20)22-3)23-12-5-4-10(7-17)6-13(12)21-2;1-2/h4-6,8H,18H2,1-3H3;1-2H3. The fraction of sp³-hybridized carbons (Fsp3) is 0.278. The Kier molecular flexibility index (Phi) is 7.22. The van der Waals surface area contributed by atoms with Gasteiger partial charge in [-0.3, -0.25) is 0 Å². The lowest BCUT2D eigenvalue weighted by atomic mass is 10.1. The van der Waals surface area contributed by atoms with Crippen LogP contribution in [-0.2, 0) is 4.74 Å². The fourth-order valence-corrected chi connectivity index (χ4v) is 1.94. The van der Waals surface area contributed by atoms with Gasteiger partial charge in [-0.25, -0.2) is 9.78 Å². The van der Waals surface area contributed by atoms with E-state index < -0.39 is 5.97 Å². The first-order chi connectivity index (χ1) is 12.0. The maximum Gasteiger partial charge on any atom is 0.343 e. The lowest BCUT2D eigenvalue weighted by Gasteiger charge is -2.14. The molecule has 2 rings (SSSR count). The number of hydrogen-bond acceptors (Lipinski definition) is 7. The van der Waals surface area contributed by atoms with Crippen molar-refractivity contribution in [2.45, 2.75) is 20.8 Å². The Labute approximate surface area is 147 Å². The normalized spacial score (nSPS) is 9.28. The molecule has 2 N–H and O–H groups in total. The molecule has 132 valence electrons. The number of esters is 1. The van der Waals surface area contributed by atoms with Crippen molar-refractivity contribution in [1.82, 2.24) is 4.98 Å². The molecule has 0 radical (unpaired) electrons. The molecule has 0 atom stereocenters. The SMILES string of the molecule is CC.COC(=O)c1c(Oc2ccc(C#N)cc2OC)ncc(N)c1C. The van der Waals surface area contributed by atoms with Crippen LogP contribution >= 0.6 is 0 Å². The number of methoxy groups -OCH3 is 2. The molecule has 0 bridgehead atoms. The van der Waals surface area contributed by atoms with E-state index in [0.29, 0.717) is 28.3 Å². The number of benzene rings is 1. The monoisotopic (exact) mass is 343 g/mol. The minimum absolute atomic E-state index is 0.0477. The second-order valence-electron chi connectivity index (χ2n) is 4.59. The highest BCUT2D eigenvalue weighted by atomic mass is 16.5. The first kappa shape index (κ1) is 19.8. The number of carbonyl (C=O) groups excluding carboxylic acids is 1. The average molecular weight is 343 g/mol. The van der Waals surface area contributed by atoms with Crippen molar-refractivity contribution in [3.8, 4) is 23.4 Å². The molecular formula is C18H21N3O4. The van der Waals surface area contributed by atoms with Crippen molar-refractivity contribution in [3.05, 3.63) is 41.1 Å². The Hall–Kier alpha value is -3.27. The number of anilines is 1. The number of hydrogen-bond donors (Lipinski definition) is 1. The van der Waals surface area contributed by atoms with E-state index >= 15 is 0 Å². The van der Waals surface area contributed by atoms with Gasteiger partial charge in [0.05, 0.1) is 37.7 Å². The van der Waals surface area contributed by atoms with Gasteiger partial charge in [-0.05, 0) is 24.6 Å². The van der Waals surface area contributed by atoms with Gasteiger partial charge in [0.15, 0.2) is 11.5 Å². The van der Waals surface area contributed by atoms with Crippen LogP contribution in [0.3, 0.4) is 0 Å². The van der Waals surface area contributed by atoms with Crippen LogP contribution in [0.1, 0.15) is 35.3 Å². The van der Waals surface area contributed by atoms with Crippen LogP contribution in [0.2, 0.25) is 0 Å². The molecule has 1 heterocycles. The molecule has 0 amide bonds. The van der Waals surface area contributed by atoms with Gasteiger partial charge in [-0.15, -0.1) is 0 Å². The molecule has 0 aliphatic rings. The van der Waals surface area contributed by atoms with E-state index in [9.17, 15) is 4.79 Å². The largest absolute Gasteiger partial charge is 0.493 e. The van der Waals surface area contributed by atoms with Crippen molar-refractivity contribution in [1.29, 1.82) is 5.26 Å². The van der Waals surface area contributed by atoms with E-state index in [2.05, 4.69) is 4.98 Å². The summed E-state index contributed by atoms with van der Waals surface area (Å²) in [6.07, 6.45) is 1.40. The number of nitrogens with two attached hydrogens (primary N) is 1. The molecule has 0 saturated carbocycles. The average Bonchev–Trinajstić information content (AvgIpc) is 2.66. The summed E-state index contributed by atoms with van der Waals surface area (Å²) in [4.78, 5) is 16.0. The number of nitrogens with zero attached hydrogens (tertiary/aromatic N) is 2. The van der Waals surface area contributed by atoms with E-state index in [1.807, 2.05) is 19.9 Å². The Bertz CT molecular complexity index is 798. The Morgan fingerprint density at radius 2 is 1.92 bits per heavy atom. The summed E-state index contributed by atoms with van der Waals surface area (Å²) in [7, 11) is 2.71. The molecular weight excluding hydrogens is 322 g/mol. The number of aromatic nitrogens is 1.